The molecule has 2 aromatic heterocycles. The Morgan fingerprint density at radius 3 is 2.71 bits per heavy atom. The van der Waals surface area contributed by atoms with E-state index in [9.17, 15) is 0 Å². The van der Waals surface area contributed by atoms with Gasteiger partial charge in [-0.05, 0) is 29.1 Å². The fourth-order valence-electron chi connectivity index (χ4n) is 1.87. The van der Waals surface area contributed by atoms with Crippen LogP contribution in [0, 0.1) is 0 Å². The van der Waals surface area contributed by atoms with Gasteiger partial charge < -0.3 is 4.74 Å². The molecule has 2 heterocycles. The van der Waals surface area contributed by atoms with Crippen LogP contribution < -0.4 is 4.74 Å². The minimum Gasteiger partial charge on any atom is -0.497 e. The van der Waals surface area contributed by atoms with E-state index < -0.39 is 0 Å². The molecule has 17 heavy (non-hydrogen) atoms. The van der Waals surface area contributed by atoms with Crippen LogP contribution in [0.2, 0.25) is 0 Å². The Balaban J connectivity index is 2.13. The van der Waals surface area contributed by atoms with E-state index >= 15 is 0 Å². The second-order valence-electron chi connectivity index (χ2n) is 3.75. The van der Waals surface area contributed by atoms with Gasteiger partial charge in [-0.2, -0.15) is 0 Å². The highest BCUT2D eigenvalue weighted by Gasteiger charge is 2.06. The molecule has 0 aliphatic rings. The molecule has 0 fully saturated rings. The Morgan fingerprint density at radius 1 is 1.12 bits per heavy atom. The summed E-state index contributed by atoms with van der Waals surface area (Å²) in [5.74, 6) is 0.881. The first kappa shape index (κ1) is 10.3. The van der Waals surface area contributed by atoms with E-state index in [0.717, 1.165) is 5.75 Å². The number of benzene rings is 1. The maximum absolute atomic E-state index is 5.16. The van der Waals surface area contributed by atoms with Crippen LogP contribution in [-0.2, 0) is 0 Å². The number of methoxy groups -OCH3 is 1. The molecule has 0 bridgehead atoms. The SMILES string of the molecule is COc1ccc(-c2csc3ccncc23)cc1. The number of aromatic nitrogens is 1. The molecule has 0 atom stereocenters. The normalized spacial score (nSPS) is 10.6. The molecule has 1 aromatic carbocycles. The summed E-state index contributed by atoms with van der Waals surface area (Å²) in [7, 11) is 1.68. The van der Waals surface area contributed by atoms with Crippen LogP contribution in [0.4, 0.5) is 0 Å². The second-order valence-corrected chi connectivity index (χ2v) is 4.66. The average molecular weight is 241 g/mol. The quantitative estimate of drug-likeness (QED) is 0.677. The lowest BCUT2D eigenvalue weighted by molar-refractivity contribution is 0.415. The lowest BCUT2D eigenvalue weighted by atomic mass is 10.1. The summed E-state index contributed by atoms with van der Waals surface area (Å²) in [6.45, 7) is 0. The Hall–Kier alpha value is -1.87. The van der Waals surface area contributed by atoms with Crippen molar-refractivity contribution in [3.8, 4) is 16.9 Å². The van der Waals surface area contributed by atoms with Crippen LogP contribution in [0.5, 0.6) is 5.75 Å². The third-order valence-electron chi connectivity index (χ3n) is 2.78. The minimum atomic E-state index is 0.881. The summed E-state index contributed by atoms with van der Waals surface area (Å²) in [4.78, 5) is 4.19. The van der Waals surface area contributed by atoms with E-state index in [1.165, 1.54) is 21.2 Å². The van der Waals surface area contributed by atoms with Gasteiger partial charge in [0.2, 0.25) is 0 Å². The highest BCUT2D eigenvalue weighted by atomic mass is 32.1. The zero-order chi connectivity index (χ0) is 11.7. The van der Waals surface area contributed by atoms with E-state index in [1.807, 2.05) is 30.6 Å². The van der Waals surface area contributed by atoms with Gasteiger partial charge in [0, 0.05) is 28.0 Å². The maximum Gasteiger partial charge on any atom is 0.118 e. The molecule has 0 radical (unpaired) electrons. The summed E-state index contributed by atoms with van der Waals surface area (Å²) < 4.78 is 6.43. The Morgan fingerprint density at radius 2 is 1.94 bits per heavy atom. The van der Waals surface area contributed by atoms with Crippen molar-refractivity contribution in [2.75, 3.05) is 7.11 Å². The molecular formula is C14H11NOS. The summed E-state index contributed by atoms with van der Waals surface area (Å²) in [5, 5.41) is 3.39. The molecule has 3 heteroatoms. The number of ether oxygens (including phenoxy) is 1. The van der Waals surface area contributed by atoms with Crippen LogP contribution in [-0.4, -0.2) is 12.1 Å². The third-order valence-corrected chi connectivity index (χ3v) is 3.74. The Kier molecular flexibility index (Phi) is 2.53. The Bertz CT molecular complexity index is 643. The van der Waals surface area contributed by atoms with Gasteiger partial charge in [0.1, 0.15) is 5.75 Å². The zero-order valence-electron chi connectivity index (χ0n) is 9.38. The highest BCUT2D eigenvalue weighted by molar-refractivity contribution is 7.17. The first-order valence-electron chi connectivity index (χ1n) is 5.34. The first-order valence-corrected chi connectivity index (χ1v) is 6.22. The van der Waals surface area contributed by atoms with Crippen molar-refractivity contribution >= 4 is 21.4 Å². The molecular weight excluding hydrogens is 230 g/mol. The van der Waals surface area contributed by atoms with Crippen molar-refractivity contribution < 1.29 is 4.74 Å². The second kappa shape index (κ2) is 4.18. The van der Waals surface area contributed by atoms with Crippen LogP contribution in [0.15, 0.2) is 48.1 Å². The van der Waals surface area contributed by atoms with Crippen molar-refractivity contribution in [3.05, 3.63) is 48.1 Å². The molecule has 2 nitrogen and oxygen atoms in total. The van der Waals surface area contributed by atoms with Crippen LogP contribution >= 0.6 is 11.3 Å². The van der Waals surface area contributed by atoms with Crippen molar-refractivity contribution in [2.45, 2.75) is 0 Å². The van der Waals surface area contributed by atoms with Crippen molar-refractivity contribution in [2.24, 2.45) is 0 Å². The summed E-state index contributed by atoms with van der Waals surface area (Å²) in [6, 6.07) is 10.2. The molecule has 0 saturated heterocycles. The van der Waals surface area contributed by atoms with Crippen molar-refractivity contribution in [1.82, 2.24) is 4.98 Å². The van der Waals surface area contributed by atoms with E-state index in [4.69, 9.17) is 4.74 Å². The third kappa shape index (κ3) is 1.78. The average Bonchev–Trinajstić information content (AvgIpc) is 2.83. The number of thiophene rings is 1. The van der Waals surface area contributed by atoms with Crippen molar-refractivity contribution in [1.29, 1.82) is 0 Å². The lowest BCUT2D eigenvalue weighted by Gasteiger charge is -2.02. The fourth-order valence-corrected chi connectivity index (χ4v) is 2.80. The largest absolute Gasteiger partial charge is 0.497 e. The molecule has 0 amide bonds. The number of hydrogen-bond donors (Lipinski definition) is 0. The minimum absolute atomic E-state index is 0.881. The smallest absolute Gasteiger partial charge is 0.118 e. The van der Waals surface area contributed by atoms with E-state index in [0.29, 0.717) is 0 Å². The van der Waals surface area contributed by atoms with Crippen molar-refractivity contribution in [3.63, 3.8) is 0 Å². The van der Waals surface area contributed by atoms with E-state index in [1.54, 1.807) is 18.4 Å². The van der Waals surface area contributed by atoms with Gasteiger partial charge in [0.05, 0.1) is 7.11 Å². The summed E-state index contributed by atoms with van der Waals surface area (Å²) in [6.07, 6.45) is 3.75. The number of pyridine rings is 1. The van der Waals surface area contributed by atoms with Gasteiger partial charge in [-0.15, -0.1) is 11.3 Å². The zero-order valence-corrected chi connectivity index (χ0v) is 10.2. The predicted molar refractivity (Wildman–Crippen MR) is 71.6 cm³/mol. The lowest BCUT2D eigenvalue weighted by Crippen LogP contribution is -1.82. The number of nitrogens with zero attached hydrogens (tertiary/aromatic N) is 1. The van der Waals surface area contributed by atoms with Gasteiger partial charge in [-0.25, -0.2) is 0 Å². The molecule has 84 valence electrons. The summed E-state index contributed by atoms with van der Waals surface area (Å²) >= 11 is 1.75. The number of fused-ring (bicyclic) bond motifs is 1. The topological polar surface area (TPSA) is 22.1 Å². The molecule has 0 unspecified atom stereocenters. The molecule has 0 aliphatic heterocycles. The molecule has 0 aliphatic carbocycles. The van der Waals surface area contributed by atoms with E-state index in [-0.39, 0.29) is 0 Å². The molecule has 0 spiro atoms. The van der Waals surface area contributed by atoms with Crippen LogP contribution in [0.3, 0.4) is 0 Å². The highest BCUT2D eigenvalue weighted by Crippen LogP contribution is 2.33. The van der Waals surface area contributed by atoms with Gasteiger partial charge >= 0.3 is 0 Å². The Labute approximate surface area is 104 Å². The molecule has 0 saturated carbocycles. The van der Waals surface area contributed by atoms with Crippen LogP contribution in [0.1, 0.15) is 0 Å². The predicted octanol–water partition coefficient (Wildman–Crippen LogP) is 3.97. The first-order chi connectivity index (χ1) is 8.38. The van der Waals surface area contributed by atoms with Crippen LogP contribution in [0.25, 0.3) is 21.2 Å². The number of hydrogen-bond acceptors (Lipinski definition) is 3. The van der Waals surface area contributed by atoms with Gasteiger partial charge in [-0.3, -0.25) is 4.98 Å². The van der Waals surface area contributed by atoms with Gasteiger partial charge in [-0.1, -0.05) is 12.1 Å². The van der Waals surface area contributed by atoms with E-state index in [2.05, 4.69) is 22.5 Å². The molecule has 0 N–H and O–H groups in total. The summed E-state index contributed by atoms with van der Waals surface area (Å²) in [5.41, 5.74) is 2.44. The molecule has 3 aromatic rings. The monoisotopic (exact) mass is 241 g/mol. The maximum atomic E-state index is 5.16. The molecule has 3 rings (SSSR count). The fraction of sp³-hybridized carbons (Fsp3) is 0.0714. The standard InChI is InChI=1S/C14H11NOS/c1-16-11-4-2-10(3-5-11)13-9-17-14-6-7-15-8-12(13)14/h2-9H,1H3. The van der Waals surface area contributed by atoms with Gasteiger partial charge in [0.25, 0.3) is 0 Å². The number of rotatable bonds is 2. The van der Waals surface area contributed by atoms with Gasteiger partial charge in [0.15, 0.2) is 0 Å².